The van der Waals surface area contributed by atoms with Crippen LogP contribution in [0.5, 0.6) is 0 Å². The number of piperidine rings is 1. The van der Waals surface area contributed by atoms with Crippen molar-refractivity contribution in [2.75, 3.05) is 20.2 Å². The lowest BCUT2D eigenvalue weighted by molar-refractivity contribution is -0.118. The third-order valence-corrected chi connectivity index (χ3v) is 5.17. The number of carbonyl (C=O) groups is 3. The molecular formula is C21H28N6O5. The Bertz CT molecular complexity index is 975. The molecule has 2 aliphatic rings. The Kier molecular flexibility index (Phi) is 6.20. The van der Waals surface area contributed by atoms with Gasteiger partial charge in [0.2, 0.25) is 0 Å². The lowest BCUT2D eigenvalue weighted by Gasteiger charge is -2.32. The molecule has 11 nitrogen and oxygen atoms in total. The number of ether oxygens (including phenoxy) is 2. The van der Waals surface area contributed by atoms with Crippen LogP contribution >= 0.6 is 0 Å². The number of esters is 1. The van der Waals surface area contributed by atoms with Crippen LogP contribution in [-0.2, 0) is 19.8 Å². The number of nitrogens with two attached hydrogens (primary N) is 1. The lowest BCUT2D eigenvalue weighted by Crippen LogP contribution is -2.45. The van der Waals surface area contributed by atoms with E-state index in [4.69, 9.17) is 15.9 Å². The highest BCUT2D eigenvalue weighted by Crippen LogP contribution is 2.43. The van der Waals surface area contributed by atoms with Gasteiger partial charge in [0.1, 0.15) is 16.8 Å². The molecule has 1 aliphatic carbocycles. The first-order valence-electron chi connectivity index (χ1n) is 10.2. The average molecular weight is 444 g/mol. The van der Waals surface area contributed by atoms with E-state index in [9.17, 15) is 14.4 Å². The van der Waals surface area contributed by atoms with Crippen LogP contribution in [-0.4, -0.2) is 64.3 Å². The summed E-state index contributed by atoms with van der Waals surface area (Å²) < 4.78 is 10.0. The number of aromatic nitrogens is 2. The zero-order chi connectivity index (χ0) is 23.7. The number of rotatable bonds is 4. The molecular weight excluding hydrogens is 416 g/mol. The number of nitrogens with one attached hydrogen (secondary N) is 2. The minimum atomic E-state index is -0.779. The molecule has 3 rings (SSSR count). The normalized spacial score (nSPS) is 19.1. The van der Waals surface area contributed by atoms with Crippen molar-refractivity contribution in [3.63, 3.8) is 0 Å². The van der Waals surface area contributed by atoms with E-state index in [1.54, 1.807) is 20.8 Å². The number of hydrogen-bond donors (Lipinski definition) is 3. The van der Waals surface area contributed by atoms with Crippen molar-refractivity contribution in [2.24, 2.45) is 5.73 Å². The molecule has 2 fully saturated rings. The number of nitrogens with zero attached hydrogens (tertiary/aromatic N) is 3. The highest BCUT2D eigenvalue weighted by atomic mass is 16.6. The fourth-order valence-corrected chi connectivity index (χ4v) is 3.24. The Balaban J connectivity index is 1.74. The van der Waals surface area contributed by atoms with Crippen LogP contribution < -0.4 is 11.1 Å². The topological polar surface area (TPSA) is 161 Å². The molecule has 0 spiro atoms. The van der Waals surface area contributed by atoms with Crippen LogP contribution in [0.15, 0.2) is 23.7 Å². The van der Waals surface area contributed by atoms with Gasteiger partial charge in [-0.15, -0.1) is 0 Å². The molecule has 0 atom stereocenters. The Hall–Kier alpha value is -3.50. The average Bonchev–Trinajstić information content (AvgIpc) is 3.52. The van der Waals surface area contributed by atoms with Crippen molar-refractivity contribution >= 4 is 23.7 Å². The Morgan fingerprint density at radius 1 is 1.22 bits per heavy atom. The standard InChI is InChI=1S/C21H28N6O5/c1-20(2,3)32-19(30)27-8-5-14(22)13(11-27)15(23)16(28)26-21(6-7-21)18-24-9-12(10-25-18)17(29)31-4/h9-10,22H,5-8,11,23H2,1-4H3,(H,26,28)/b15-13-,22-14?. The summed E-state index contributed by atoms with van der Waals surface area (Å²) in [6.45, 7) is 5.64. The third-order valence-electron chi connectivity index (χ3n) is 5.17. The summed E-state index contributed by atoms with van der Waals surface area (Å²) in [6, 6.07) is 0. The molecule has 32 heavy (non-hydrogen) atoms. The van der Waals surface area contributed by atoms with Crippen LogP contribution in [0.1, 0.15) is 56.2 Å². The van der Waals surface area contributed by atoms with Gasteiger partial charge in [-0.3, -0.25) is 4.79 Å². The van der Waals surface area contributed by atoms with E-state index in [0.717, 1.165) is 0 Å². The molecule has 1 saturated carbocycles. The molecule has 0 radical (unpaired) electrons. The molecule has 1 saturated heterocycles. The summed E-state index contributed by atoms with van der Waals surface area (Å²) in [4.78, 5) is 46.7. The maximum absolute atomic E-state index is 12.9. The Morgan fingerprint density at radius 2 is 1.84 bits per heavy atom. The molecule has 1 aromatic heterocycles. The fraction of sp³-hybridized carbons (Fsp3) is 0.524. The highest BCUT2D eigenvalue weighted by molar-refractivity contribution is 6.07. The Labute approximate surface area is 185 Å². The van der Waals surface area contributed by atoms with Crippen LogP contribution in [0, 0.1) is 5.41 Å². The van der Waals surface area contributed by atoms with Gasteiger partial charge in [0.15, 0.2) is 5.82 Å². The smallest absolute Gasteiger partial charge is 0.410 e. The summed E-state index contributed by atoms with van der Waals surface area (Å²) in [7, 11) is 1.27. The summed E-state index contributed by atoms with van der Waals surface area (Å²) in [5.41, 5.74) is 5.26. The maximum Gasteiger partial charge on any atom is 0.410 e. The van der Waals surface area contributed by atoms with E-state index in [2.05, 4.69) is 20.0 Å². The number of methoxy groups -OCH3 is 1. The molecule has 0 aromatic carbocycles. The Morgan fingerprint density at radius 3 is 2.38 bits per heavy atom. The third kappa shape index (κ3) is 5.04. The SMILES string of the molecule is COC(=O)c1cnc(C2(NC(=O)/C(N)=C3\CN(C(=O)OC(C)(C)C)CCC3=N)CC2)nc1. The molecule has 11 heteroatoms. The lowest BCUT2D eigenvalue weighted by atomic mass is 10.00. The van der Waals surface area contributed by atoms with Crippen molar-refractivity contribution in [2.45, 2.75) is 51.2 Å². The first-order chi connectivity index (χ1) is 15.0. The van der Waals surface area contributed by atoms with Crippen molar-refractivity contribution in [3.05, 3.63) is 35.1 Å². The van der Waals surface area contributed by atoms with Crippen molar-refractivity contribution in [1.82, 2.24) is 20.2 Å². The number of likely N-dealkylation sites (tertiary alicyclic amines) is 1. The van der Waals surface area contributed by atoms with Crippen LogP contribution in [0.2, 0.25) is 0 Å². The van der Waals surface area contributed by atoms with Crippen LogP contribution in [0.4, 0.5) is 4.79 Å². The minimum absolute atomic E-state index is 0.0182. The van der Waals surface area contributed by atoms with Gasteiger partial charge in [-0.25, -0.2) is 19.6 Å². The van der Waals surface area contributed by atoms with E-state index in [1.165, 1.54) is 24.4 Å². The van der Waals surface area contributed by atoms with E-state index >= 15 is 0 Å². The van der Waals surface area contributed by atoms with Gasteiger partial charge in [0.25, 0.3) is 5.91 Å². The second-order valence-electron chi connectivity index (χ2n) is 8.85. The predicted octanol–water partition coefficient (Wildman–Crippen LogP) is 1.24. The first-order valence-corrected chi connectivity index (χ1v) is 10.2. The van der Waals surface area contributed by atoms with E-state index in [1.807, 2.05) is 0 Å². The summed E-state index contributed by atoms with van der Waals surface area (Å²) in [5.74, 6) is -0.746. The van der Waals surface area contributed by atoms with Gasteiger partial charge in [-0.1, -0.05) is 0 Å². The van der Waals surface area contributed by atoms with E-state index in [0.29, 0.717) is 25.2 Å². The molecule has 1 aliphatic heterocycles. The van der Waals surface area contributed by atoms with Crippen molar-refractivity contribution in [3.8, 4) is 0 Å². The quantitative estimate of drug-likeness (QED) is 0.462. The zero-order valence-electron chi connectivity index (χ0n) is 18.7. The van der Waals surface area contributed by atoms with Crippen molar-refractivity contribution < 1.29 is 23.9 Å². The highest BCUT2D eigenvalue weighted by Gasteiger charge is 2.49. The predicted molar refractivity (Wildman–Crippen MR) is 114 cm³/mol. The summed E-state index contributed by atoms with van der Waals surface area (Å²) >= 11 is 0. The molecule has 2 amide bonds. The molecule has 2 heterocycles. The molecule has 172 valence electrons. The van der Waals surface area contributed by atoms with Crippen molar-refractivity contribution in [1.29, 1.82) is 5.41 Å². The molecule has 0 bridgehead atoms. The van der Waals surface area contributed by atoms with Gasteiger partial charge in [-0.2, -0.15) is 0 Å². The monoisotopic (exact) mass is 444 g/mol. The molecule has 0 unspecified atom stereocenters. The number of amides is 2. The fourth-order valence-electron chi connectivity index (χ4n) is 3.24. The summed E-state index contributed by atoms with van der Waals surface area (Å²) in [5, 5.41) is 11.1. The minimum Gasteiger partial charge on any atom is -0.465 e. The maximum atomic E-state index is 12.9. The van der Waals surface area contributed by atoms with Gasteiger partial charge >= 0.3 is 12.1 Å². The van der Waals surface area contributed by atoms with Gasteiger partial charge in [0.05, 0.1) is 19.2 Å². The zero-order valence-corrected chi connectivity index (χ0v) is 18.7. The van der Waals surface area contributed by atoms with Gasteiger partial charge in [-0.05, 0) is 33.6 Å². The summed E-state index contributed by atoms with van der Waals surface area (Å²) in [6.07, 6.45) is 3.66. The van der Waals surface area contributed by atoms with Crippen LogP contribution in [0.25, 0.3) is 0 Å². The molecule has 1 aromatic rings. The van der Waals surface area contributed by atoms with Crippen LogP contribution in [0.3, 0.4) is 0 Å². The number of hydrogen-bond acceptors (Lipinski definition) is 9. The molecule has 4 N–H and O–H groups in total. The second-order valence-corrected chi connectivity index (χ2v) is 8.85. The van der Waals surface area contributed by atoms with E-state index in [-0.39, 0.29) is 35.5 Å². The van der Waals surface area contributed by atoms with E-state index < -0.39 is 29.1 Å². The van der Waals surface area contributed by atoms with Gasteiger partial charge < -0.3 is 30.8 Å². The number of carbonyl (C=O) groups excluding carboxylic acids is 3. The first kappa shape index (κ1) is 23.2. The second kappa shape index (κ2) is 8.56. The van der Waals surface area contributed by atoms with Gasteiger partial charge in [0, 0.05) is 36.6 Å². The largest absolute Gasteiger partial charge is 0.465 e.